The smallest absolute Gasteiger partial charge is 0.280 e. The van der Waals surface area contributed by atoms with Crippen LogP contribution in [-0.4, -0.2) is 32.5 Å². The molecule has 0 atom stereocenters. The van der Waals surface area contributed by atoms with Gasteiger partial charge in [0, 0.05) is 16.5 Å². The Hall–Kier alpha value is -2.18. The maximum atomic E-state index is 11.8. The Morgan fingerprint density at radius 1 is 1.24 bits per heavy atom. The molecule has 0 saturated heterocycles. The molecule has 0 radical (unpaired) electrons. The van der Waals surface area contributed by atoms with Gasteiger partial charge < -0.3 is 20.1 Å². The predicted molar refractivity (Wildman–Crippen MR) is 80.4 cm³/mol. The number of likely N-dealkylation sites (N-methyl/N-ethyl adjacent to an activating group) is 1. The molecular formula is C15H16N2O3S. The number of hydrogen-bond donors (Lipinski definition) is 2. The molecule has 6 heteroatoms. The summed E-state index contributed by atoms with van der Waals surface area (Å²) >= 11 is 1.19. The number of hydrogen-bond acceptors (Lipinski definition) is 4. The van der Waals surface area contributed by atoms with Crippen LogP contribution in [-0.2, 0) is 4.79 Å². The molecule has 2 aromatic rings. The van der Waals surface area contributed by atoms with E-state index in [2.05, 4.69) is 5.32 Å². The van der Waals surface area contributed by atoms with Crippen molar-refractivity contribution in [2.45, 2.75) is 0 Å². The Morgan fingerprint density at radius 2 is 1.90 bits per heavy atom. The number of amides is 1. The molecule has 110 valence electrons. The van der Waals surface area contributed by atoms with Gasteiger partial charge in [-0.25, -0.2) is 0 Å². The molecule has 1 heterocycles. The molecule has 2 rings (SSSR count). The second-order valence-electron chi connectivity index (χ2n) is 4.94. The summed E-state index contributed by atoms with van der Waals surface area (Å²) in [6, 6.07) is 9.17. The minimum atomic E-state index is -1.29. The highest BCUT2D eigenvalue weighted by Crippen LogP contribution is 2.34. The average molecular weight is 304 g/mol. The molecule has 2 N–H and O–H groups in total. The van der Waals surface area contributed by atoms with Crippen molar-refractivity contribution in [1.82, 2.24) is 0 Å². The molecule has 5 nitrogen and oxygen atoms in total. The summed E-state index contributed by atoms with van der Waals surface area (Å²) in [5.74, 6) is -1.51. The lowest BCUT2D eigenvalue weighted by Crippen LogP contribution is -3.06. The van der Waals surface area contributed by atoms with Crippen LogP contribution in [0.1, 0.15) is 10.4 Å². The number of anilines is 1. The normalized spacial score (nSPS) is 10.6. The van der Waals surface area contributed by atoms with Gasteiger partial charge in [0.15, 0.2) is 6.54 Å². The molecule has 21 heavy (non-hydrogen) atoms. The lowest BCUT2D eigenvalue weighted by molar-refractivity contribution is -0.849. The summed E-state index contributed by atoms with van der Waals surface area (Å²) in [4.78, 5) is 24.2. The summed E-state index contributed by atoms with van der Waals surface area (Å²) in [5.41, 5.74) is 1.38. The molecule has 1 aromatic heterocycles. The van der Waals surface area contributed by atoms with Gasteiger partial charge in [0.05, 0.1) is 20.1 Å². The highest BCUT2D eigenvalue weighted by molar-refractivity contribution is 7.15. The Bertz CT molecular complexity index is 650. The number of carbonyl (C=O) groups excluding carboxylic acids is 2. The van der Waals surface area contributed by atoms with Crippen molar-refractivity contribution in [3.8, 4) is 11.1 Å². The third kappa shape index (κ3) is 3.68. The first kappa shape index (κ1) is 15.2. The first-order chi connectivity index (χ1) is 9.99. The second kappa shape index (κ2) is 6.51. The van der Waals surface area contributed by atoms with Crippen molar-refractivity contribution in [2.24, 2.45) is 0 Å². The first-order valence-corrected chi connectivity index (χ1v) is 7.34. The van der Waals surface area contributed by atoms with Crippen molar-refractivity contribution in [1.29, 1.82) is 0 Å². The lowest BCUT2D eigenvalue weighted by atomic mass is 10.0. The molecule has 0 aliphatic heterocycles. The first-order valence-electron chi connectivity index (χ1n) is 6.46. The summed E-state index contributed by atoms with van der Waals surface area (Å²) in [7, 11) is 3.70. The number of aromatic carboxylic acids is 1. The Morgan fingerprint density at radius 3 is 2.48 bits per heavy atom. The van der Waals surface area contributed by atoms with E-state index in [1.54, 1.807) is 5.38 Å². The van der Waals surface area contributed by atoms with Gasteiger partial charge in [-0.3, -0.25) is 4.79 Å². The van der Waals surface area contributed by atoms with Crippen LogP contribution in [0.15, 0.2) is 35.7 Å². The molecule has 1 aromatic carbocycles. The number of benzene rings is 1. The second-order valence-corrected chi connectivity index (χ2v) is 5.82. The maximum absolute atomic E-state index is 11.8. The van der Waals surface area contributed by atoms with E-state index in [9.17, 15) is 14.7 Å². The van der Waals surface area contributed by atoms with Gasteiger partial charge in [-0.05, 0) is 5.56 Å². The van der Waals surface area contributed by atoms with Crippen LogP contribution in [0, 0.1) is 0 Å². The zero-order valence-corrected chi connectivity index (χ0v) is 12.6. The van der Waals surface area contributed by atoms with E-state index < -0.39 is 5.97 Å². The van der Waals surface area contributed by atoms with Gasteiger partial charge in [0.25, 0.3) is 5.91 Å². The number of carboxylic acid groups (broad SMARTS) is 1. The number of rotatable bonds is 5. The molecular weight excluding hydrogens is 288 g/mol. The van der Waals surface area contributed by atoms with Crippen molar-refractivity contribution in [2.75, 3.05) is 26.0 Å². The molecule has 0 fully saturated rings. The quantitative estimate of drug-likeness (QED) is 0.807. The van der Waals surface area contributed by atoms with Crippen LogP contribution in [0.3, 0.4) is 0 Å². The third-order valence-corrected chi connectivity index (χ3v) is 3.74. The minimum absolute atomic E-state index is 0.0355. The fourth-order valence-electron chi connectivity index (χ4n) is 1.97. The van der Waals surface area contributed by atoms with Crippen molar-refractivity contribution in [3.63, 3.8) is 0 Å². The maximum Gasteiger partial charge on any atom is 0.280 e. The number of carboxylic acids is 1. The highest BCUT2D eigenvalue weighted by Gasteiger charge is 2.17. The van der Waals surface area contributed by atoms with Crippen LogP contribution in [0.5, 0.6) is 0 Å². The fraction of sp³-hybridized carbons (Fsp3) is 0.200. The SMILES string of the molecule is C[NH+](C)CC(=O)Nc1scc(-c2ccccc2)c1C(=O)[O-]. The van der Waals surface area contributed by atoms with Gasteiger partial charge in [0.2, 0.25) is 0 Å². The van der Waals surface area contributed by atoms with Crippen LogP contribution in [0.4, 0.5) is 5.00 Å². The molecule has 0 aliphatic rings. The van der Waals surface area contributed by atoms with E-state index in [-0.39, 0.29) is 18.0 Å². The fourth-order valence-corrected chi connectivity index (χ4v) is 2.95. The number of quaternary nitrogens is 1. The van der Waals surface area contributed by atoms with Gasteiger partial charge in [-0.2, -0.15) is 0 Å². The van der Waals surface area contributed by atoms with E-state index in [0.29, 0.717) is 10.6 Å². The molecule has 0 aliphatic carbocycles. The van der Waals surface area contributed by atoms with Gasteiger partial charge >= 0.3 is 0 Å². The van der Waals surface area contributed by atoms with Crippen LogP contribution in [0.25, 0.3) is 11.1 Å². The third-order valence-electron chi connectivity index (χ3n) is 2.85. The van der Waals surface area contributed by atoms with Crippen molar-refractivity contribution in [3.05, 3.63) is 41.3 Å². The van der Waals surface area contributed by atoms with Gasteiger partial charge in [-0.1, -0.05) is 30.3 Å². The van der Waals surface area contributed by atoms with Crippen molar-refractivity contribution < 1.29 is 19.6 Å². The van der Waals surface area contributed by atoms with E-state index in [1.165, 1.54) is 11.3 Å². The number of thiophene rings is 1. The van der Waals surface area contributed by atoms with Crippen LogP contribution < -0.4 is 15.3 Å². The lowest BCUT2D eigenvalue weighted by Gasteiger charge is -2.11. The molecule has 0 saturated carbocycles. The zero-order chi connectivity index (χ0) is 15.4. The summed E-state index contributed by atoms with van der Waals surface area (Å²) in [6.45, 7) is 0.269. The highest BCUT2D eigenvalue weighted by atomic mass is 32.1. The number of carbonyl (C=O) groups is 2. The molecule has 0 unspecified atom stereocenters. The molecule has 0 bridgehead atoms. The molecule has 0 spiro atoms. The van der Waals surface area contributed by atoms with Crippen LogP contribution in [0.2, 0.25) is 0 Å². The van der Waals surface area contributed by atoms with E-state index >= 15 is 0 Å². The van der Waals surface area contributed by atoms with Gasteiger partial charge in [0.1, 0.15) is 5.00 Å². The largest absolute Gasteiger partial charge is 0.545 e. The van der Waals surface area contributed by atoms with E-state index in [1.807, 2.05) is 44.4 Å². The Labute approximate surface area is 126 Å². The minimum Gasteiger partial charge on any atom is -0.545 e. The average Bonchev–Trinajstić information content (AvgIpc) is 2.82. The van der Waals surface area contributed by atoms with Crippen LogP contribution >= 0.6 is 11.3 Å². The summed E-state index contributed by atoms with van der Waals surface area (Å²) in [5, 5.41) is 16.1. The topological polar surface area (TPSA) is 73.7 Å². The standard InChI is InChI=1S/C15H16N2O3S/c1-17(2)8-12(18)16-14-13(15(19)20)11(9-21-14)10-6-4-3-5-7-10/h3-7,9H,8H2,1-2H3,(H,16,18)(H,19,20). The number of nitrogens with one attached hydrogen (secondary N) is 2. The van der Waals surface area contributed by atoms with E-state index in [0.717, 1.165) is 10.5 Å². The van der Waals surface area contributed by atoms with Crippen molar-refractivity contribution >= 4 is 28.2 Å². The Balaban J connectivity index is 2.34. The Kier molecular flexibility index (Phi) is 4.72. The molecule has 1 amide bonds. The van der Waals surface area contributed by atoms with Gasteiger partial charge in [-0.15, -0.1) is 11.3 Å². The summed E-state index contributed by atoms with van der Waals surface area (Å²) in [6.07, 6.45) is 0. The van der Waals surface area contributed by atoms with E-state index in [4.69, 9.17) is 0 Å². The summed E-state index contributed by atoms with van der Waals surface area (Å²) < 4.78 is 0. The zero-order valence-electron chi connectivity index (χ0n) is 11.8. The monoisotopic (exact) mass is 304 g/mol. The predicted octanol–water partition coefficient (Wildman–Crippen LogP) is -0.138.